The molecular formula is C19H25N3O2. The zero-order valence-electron chi connectivity index (χ0n) is 14.4. The molecule has 2 aromatic rings. The van der Waals surface area contributed by atoms with E-state index >= 15 is 0 Å². The Morgan fingerprint density at radius 3 is 2.58 bits per heavy atom. The molecule has 2 heterocycles. The molecular weight excluding hydrogens is 302 g/mol. The van der Waals surface area contributed by atoms with Gasteiger partial charge >= 0.3 is 0 Å². The van der Waals surface area contributed by atoms with Gasteiger partial charge in [-0.2, -0.15) is 5.10 Å². The zero-order valence-corrected chi connectivity index (χ0v) is 14.4. The highest BCUT2D eigenvalue weighted by Gasteiger charge is 2.26. The van der Waals surface area contributed by atoms with Gasteiger partial charge in [0, 0.05) is 38.7 Å². The van der Waals surface area contributed by atoms with E-state index in [2.05, 4.69) is 31.1 Å². The van der Waals surface area contributed by atoms with Gasteiger partial charge in [-0.3, -0.25) is 9.48 Å². The number of carbonyl (C=O) groups is 1. The number of amides is 1. The van der Waals surface area contributed by atoms with Gasteiger partial charge in [-0.25, -0.2) is 0 Å². The maximum absolute atomic E-state index is 12.7. The first-order valence-electron chi connectivity index (χ1n) is 8.72. The maximum Gasteiger partial charge on any atom is 0.272 e. The van der Waals surface area contributed by atoms with E-state index in [1.807, 2.05) is 23.1 Å². The summed E-state index contributed by atoms with van der Waals surface area (Å²) < 4.78 is 7.84. The summed E-state index contributed by atoms with van der Waals surface area (Å²) in [6.45, 7) is 6.39. The van der Waals surface area contributed by atoms with E-state index in [1.54, 1.807) is 10.9 Å². The van der Waals surface area contributed by atoms with Crippen molar-refractivity contribution in [2.75, 3.05) is 13.1 Å². The highest BCUT2D eigenvalue weighted by Crippen LogP contribution is 2.20. The van der Waals surface area contributed by atoms with Gasteiger partial charge in [0.1, 0.15) is 17.5 Å². The second-order valence-electron chi connectivity index (χ2n) is 6.36. The molecule has 0 bridgehead atoms. The first-order valence-corrected chi connectivity index (χ1v) is 8.72. The van der Waals surface area contributed by atoms with Gasteiger partial charge in [0.25, 0.3) is 5.91 Å². The van der Waals surface area contributed by atoms with Crippen molar-refractivity contribution in [2.45, 2.75) is 45.8 Å². The largest absolute Gasteiger partial charge is 0.490 e. The molecule has 0 saturated carbocycles. The average Bonchev–Trinajstić information content (AvgIpc) is 3.06. The molecule has 3 rings (SSSR count). The van der Waals surface area contributed by atoms with Crippen LogP contribution < -0.4 is 4.74 Å². The van der Waals surface area contributed by atoms with Gasteiger partial charge in [0.2, 0.25) is 0 Å². The lowest BCUT2D eigenvalue weighted by Gasteiger charge is -2.32. The molecule has 0 spiro atoms. The molecule has 1 aliphatic rings. The van der Waals surface area contributed by atoms with Crippen LogP contribution in [-0.4, -0.2) is 39.8 Å². The Morgan fingerprint density at radius 1 is 1.21 bits per heavy atom. The van der Waals surface area contributed by atoms with Crippen LogP contribution in [0.25, 0.3) is 0 Å². The third kappa shape index (κ3) is 3.78. The molecule has 0 atom stereocenters. The van der Waals surface area contributed by atoms with Crippen molar-refractivity contribution < 1.29 is 9.53 Å². The molecule has 1 aromatic carbocycles. The lowest BCUT2D eigenvalue weighted by molar-refractivity contribution is 0.0584. The zero-order chi connectivity index (χ0) is 16.9. The first kappa shape index (κ1) is 16.6. The molecule has 0 radical (unpaired) electrons. The summed E-state index contributed by atoms with van der Waals surface area (Å²) in [7, 11) is 0. The van der Waals surface area contributed by atoms with E-state index < -0.39 is 0 Å². The standard InChI is InChI=1S/C19H25N3O2/c1-3-12-22-18(8-11-20-22)19(23)21-13-9-17(10-14-21)24-16-6-4-15(2)5-7-16/h4-8,11,17H,3,9-10,12-14H2,1-2H3. The number of rotatable bonds is 5. The minimum Gasteiger partial charge on any atom is -0.490 e. The summed E-state index contributed by atoms with van der Waals surface area (Å²) in [6.07, 6.45) is 4.57. The summed E-state index contributed by atoms with van der Waals surface area (Å²) in [4.78, 5) is 14.6. The van der Waals surface area contributed by atoms with Gasteiger partial charge in [-0.05, 0) is 31.5 Å². The van der Waals surface area contributed by atoms with E-state index in [0.29, 0.717) is 5.69 Å². The lowest BCUT2D eigenvalue weighted by atomic mass is 10.1. The fraction of sp³-hybridized carbons (Fsp3) is 0.474. The van der Waals surface area contributed by atoms with Gasteiger partial charge < -0.3 is 9.64 Å². The van der Waals surface area contributed by atoms with Crippen LogP contribution in [0.2, 0.25) is 0 Å². The Balaban J connectivity index is 1.55. The van der Waals surface area contributed by atoms with Crippen LogP contribution in [0, 0.1) is 6.92 Å². The van der Waals surface area contributed by atoms with Gasteiger partial charge in [0.05, 0.1) is 0 Å². The minimum atomic E-state index is 0.0785. The number of nitrogens with zero attached hydrogens (tertiary/aromatic N) is 3. The van der Waals surface area contributed by atoms with Crippen LogP contribution in [-0.2, 0) is 6.54 Å². The van der Waals surface area contributed by atoms with E-state index in [4.69, 9.17) is 4.74 Å². The number of hydrogen-bond acceptors (Lipinski definition) is 3. The number of aryl methyl sites for hydroxylation is 2. The number of ether oxygens (including phenoxy) is 1. The monoisotopic (exact) mass is 327 g/mol. The molecule has 128 valence electrons. The van der Waals surface area contributed by atoms with Crippen molar-refractivity contribution in [2.24, 2.45) is 0 Å². The Morgan fingerprint density at radius 2 is 1.92 bits per heavy atom. The van der Waals surface area contributed by atoms with E-state index in [9.17, 15) is 4.79 Å². The van der Waals surface area contributed by atoms with Crippen molar-refractivity contribution in [3.8, 4) is 5.75 Å². The summed E-state index contributed by atoms with van der Waals surface area (Å²) in [6, 6.07) is 9.95. The Hall–Kier alpha value is -2.30. The molecule has 1 fully saturated rings. The third-order valence-electron chi connectivity index (χ3n) is 4.42. The fourth-order valence-electron chi connectivity index (χ4n) is 3.05. The molecule has 1 aromatic heterocycles. The fourth-order valence-corrected chi connectivity index (χ4v) is 3.05. The topological polar surface area (TPSA) is 47.4 Å². The predicted molar refractivity (Wildman–Crippen MR) is 93.3 cm³/mol. The number of piperidine rings is 1. The second kappa shape index (κ2) is 7.51. The quantitative estimate of drug-likeness (QED) is 0.846. The smallest absolute Gasteiger partial charge is 0.272 e. The average molecular weight is 327 g/mol. The molecule has 0 aliphatic carbocycles. The van der Waals surface area contributed by atoms with Crippen molar-refractivity contribution in [3.05, 3.63) is 47.8 Å². The summed E-state index contributed by atoms with van der Waals surface area (Å²) in [5.41, 5.74) is 1.92. The molecule has 5 heteroatoms. The van der Waals surface area contributed by atoms with Crippen molar-refractivity contribution >= 4 is 5.91 Å². The number of aromatic nitrogens is 2. The first-order chi connectivity index (χ1) is 11.7. The Bertz CT molecular complexity index is 670. The molecule has 0 unspecified atom stereocenters. The summed E-state index contributed by atoms with van der Waals surface area (Å²) in [5.74, 6) is 0.987. The minimum absolute atomic E-state index is 0.0785. The number of benzene rings is 1. The summed E-state index contributed by atoms with van der Waals surface area (Å²) in [5, 5.41) is 4.24. The molecule has 1 amide bonds. The van der Waals surface area contributed by atoms with Crippen LogP contribution >= 0.6 is 0 Å². The molecule has 1 saturated heterocycles. The number of likely N-dealkylation sites (tertiary alicyclic amines) is 1. The molecule has 1 aliphatic heterocycles. The Labute approximate surface area is 143 Å². The van der Waals surface area contributed by atoms with Gasteiger partial charge in [-0.15, -0.1) is 0 Å². The lowest BCUT2D eigenvalue weighted by Crippen LogP contribution is -2.42. The molecule has 24 heavy (non-hydrogen) atoms. The van der Waals surface area contributed by atoms with Crippen LogP contribution in [0.5, 0.6) is 5.75 Å². The molecule has 5 nitrogen and oxygen atoms in total. The second-order valence-corrected chi connectivity index (χ2v) is 6.36. The SMILES string of the molecule is CCCn1nccc1C(=O)N1CCC(Oc2ccc(C)cc2)CC1. The molecule has 0 N–H and O–H groups in total. The van der Waals surface area contributed by atoms with Gasteiger partial charge in [0.15, 0.2) is 0 Å². The number of hydrogen-bond donors (Lipinski definition) is 0. The van der Waals surface area contributed by atoms with E-state index in [1.165, 1.54) is 5.56 Å². The number of carbonyl (C=O) groups excluding carboxylic acids is 1. The van der Waals surface area contributed by atoms with Crippen LogP contribution in [0.1, 0.15) is 42.2 Å². The maximum atomic E-state index is 12.7. The normalized spacial score (nSPS) is 15.5. The third-order valence-corrected chi connectivity index (χ3v) is 4.42. The van der Waals surface area contributed by atoms with Crippen LogP contribution in [0.3, 0.4) is 0 Å². The van der Waals surface area contributed by atoms with E-state index in [0.717, 1.165) is 44.6 Å². The predicted octanol–water partition coefficient (Wildman–Crippen LogP) is 3.29. The highest BCUT2D eigenvalue weighted by molar-refractivity contribution is 5.92. The summed E-state index contributed by atoms with van der Waals surface area (Å²) >= 11 is 0. The van der Waals surface area contributed by atoms with Crippen LogP contribution in [0.15, 0.2) is 36.5 Å². The van der Waals surface area contributed by atoms with Crippen molar-refractivity contribution in [3.63, 3.8) is 0 Å². The Kier molecular flexibility index (Phi) is 5.18. The van der Waals surface area contributed by atoms with Gasteiger partial charge in [-0.1, -0.05) is 24.6 Å². The van der Waals surface area contributed by atoms with Crippen molar-refractivity contribution in [1.82, 2.24) is 14.7 Å². The van der Waals surface area contributed by atoms with Crippen molar-refractivity contribution in [1.29, 1.82) is 0 Å². The van der Waals surface area contributed by atoms with Crippen LogP contribution in [0.4, 0.5) is 0 Å². The van der Waals surface area contributed by atoms with E-state index in [-0.39, 0.29) is 12.0 Å². The highest BCUT2D eigenvalue weighted by atomic mass is 16.5.